The van der Waals surface area contributed by atoms with E-state index in [0.717, 1.165) is 9.78 Å². The molecule has 0 radical (unpaired) electrons. The van der Waals surface area contributed by atoms with Gasteiger partial charge in [0.2, 0.25) is 0 Å². The summed E-state index contributed by atoms with van der Waals surface area (Å²) >= 11 is 1.54. The number of nitrogens with zero attached hydrogens (tertiary/aromatic N) is 1. The van der Waals surface area contributed by atoms with Crippen LogP contribution in [0.25, 0.3) is 0 Å². The number of likely N-dealkylation sites (N-methyl/N-ethyl adjacent to an activating group) is 1. The number of hydrogen-bond acceptors (Lipinski definition) is 3. The first kappa shape index (κ1) is 11.5. The van der Waals surface area contributed by atoms with Crippen LogP contribution < -0.4 is 5.32 Å². The van der Waals surface area contributed by atoms with E-state index in [-0.39, 0.29) is 12.6 Å². The maximum atomic E-state index is 11.3. The molecule has 0 saturated heterocycles. The summed E-state index contributed by atoms with van der Waals surface area (Å²) in [4.78, 5) is 23.8. The molecule has 0 unspecified atom stereocenters. The van der Waals surface area contributed by atoms with Gasteiger partial charge in [0.05, 0.1) is 6.54 Å². The largest absolute Gasteiger partial charge is 0.480 e. The lowest BCUT2D eigenvalue weighted by molar-refractivity contribution is -0.137. The number of urea groups is 1. The van der Waals surface area contributed by atoms with E-state index in [4.69, 9.17) is 5.11 Å². The van der Waals surface area contributed by atoms with Crippen molar-refractivity contribution in [1.82, 2.24) is 10.2 Å². The van der Waals surface area contributed by atoms with E-state index in [1.54, 1.807) is 11.3 Å². The van der Waals surface area contributed by atoms with Crippen LogP contribution in [0, 0.1) is 0 Å². The summed E-state index contributed by atoms with van der Waals surface area (Å²) in [5.41, 5.74) is 0. The van der Waals surface area contributed by atoms with Crippen molar-refractivity contribution in [3.63, 3.8) is 0 Å². The van der Waals surface area contributed by atoms with Crippen molar-refractivity contribution in [3.8, 4) is 0 Å². The monoisotopic (exact) mass is 228 g/mol. The second-order valence-corrected chi connectivity index (χ2v) is 4.02. The minimum Gasteiger partial charge on any atom is -0.480 e. The lowest BCUT2D eigenvalue weighted by Crippen LogP contribution is -2.39. The maximum absolute atomic E-state index is 11.3. The van der Waals surface area contributed by atoms with Gasteiger partial charge < -0.3 is 15.3 Å². The Bertz CT molecular complexity index is 337. The third kappa shape index (κ3) is 3.99. The Morgan fingerprint density at radius 2 is 2.33 bits per heavy atom. The van der Waals surface area contributed by atoms with Crippen LogP contribution in [-0.2, 0) is 11.3 Å². The topological polar surface area (TPSA) is 69.6 Å². The number of nitrogens with one attached hydrogen (secondary N) is 1. The van der Waals surface area contributed by atoms with Gasteiger partial charge in [0.25, 0.3) is 0 Å². The van der Waals surface area contributed by atoms with Crippen molar-refractivity contribution in [1.29, 1.82) is 0 Å². The first-order chi connectivity index (χ1) is 7.09. The van der Waals surface area contributed by atoms with Crippen molar-refractivity contribution in [3.05, 3.63) is 22.4 Å². The number of carboxylic acids is 1. The summed E-state index contributed by atoms with van der Waals surface area (Å²) in [6, 6.07) is 3.42. The molecule has 15 heavy (non-hydrogen) atoms. The Balaban J connectivity index is 2.32. The minimum atomic E-state index is -1.02. The van der Waals surface area contributed by atoms with Crippen LogP contribution in [0.15, 0.2) is 17.5 Å². The molecule has 0 aliphatic heterocycles. The Labute approximate surface area is 91.3 Å². The predicted molar refractivity (Wildman–Crippen MR) is 56.8 cm³/mol. The number of hydrogen-bond donors (Lipinski definition) is 2. The summed E-state index contributed by atoms with van der Waals surface area (Å²) in [7, 11) is 1.44. The summed E-state index contributed by atoms with van der Waals surface area (Å²) in [6.07, 6.45) is 0. The molecule has 0 aliphatic rings. The van der Waals surface area contributed by atoms with Gasteiger partial charge in [-0.3, -0.25) is 4.79 Å². The highest BCUT2D eigenvalue weighted by atomic mass is 32.1. The Morgan fingerprint density at radius 1 is 1.60 bits per heavy atom. The van der Waals surface area contributed by atoms with Gasteiger partial charge in [-0.1, -0.05) is 6.07 Å². The average molecular weight is 228 g/mol. The van der Waals surface area contributed by atoms with Gasteiger partial charge in [0.15, 0.2) is 0 Å². The van der Waals surface area contributed by atoms with Gasteiger partial charge in [-0.2, -0.15) is 0 Å². The second kappa shape index (κ2) is 5.35. The van der Waals surface area contributed by atoms with E-state index in [1.165, 1.54) is 7.05 Å². The fourth-order valence-corrected chi connectivity index (χ4v) is 1.63. The number of thiophene rings is 1. The standard InChI is InChI=1S/C9H12N2O3S/c1-11(6-8(12)13)9(14)10-5-7-3-2-4-15-7/h2-4H,5-6H2,1H3,(H,10,14)(H,12,13). The number of carbonyl (C=O) groups excluding carboxylic acids is 1. The summed E-state index contributed by atoms with van der Waals surface area (Å²) < 4.78 is 0. The fourth-order valence-electron chi connectivity index (χ4n) is 0.986. The Hall–Kier alpha value is -1.56. The molecule has 0 spiro atoms. The van der Waals surface area contributed by atoms with Crippen LogP contribution in [0.3, 0.4) is 0 Å². The predicted octanol–water partition coefficient (Wildman–Crippen LogP) is 0.974. The first-order valence-corrected chi connectivity index (χ1v) is 5.20. The lowest BCUT2D eigenvalue weighted by atomic mass is 10.4. The van der Waals surface area contributed by atoms with Gasteiger partial charge >= 0.3 is 12.0 Å². The van der Waals surface area contributed by atoms with Crippen LogP contribution in [0.5, 0.6) is 0 Å². The van der Waals surface area contributed by atoms with Crippen molar-refractivity contribution < 1.29 is 14.7 Å². The van der Waals surface area contributed by atoms with Gasteiger partial charge in [-0.25, -0.2) is 4.79 Å². The SMILES string of the molecule is CN(CC(=O)O)C(=O)NCc1cccs1. The van der Waals surface area contributed by atoms with Gasteiger partial charge in [-0.15, -0.1) is 11.3 Å². The smallest absolute Gasteiger partial charge is 0.323 e. The fraction of sp³-hybridized carbons (Fsp3) is 0.333. The molecule has 2 amide bonds. The zero-order chi connectivity index (χ0) is 11.3. The van der Waals surface area contributed by atoms with Gasteiger partial charge in [0.1, 0.15) is 6.54 Å². The molecule has 0 aliphatic carbocycles. The number of carboxylic acid groups (broad SMARTS) is 1. The number of rotatable bonds is 4. The molecule has 0 saturated carbocycles. The number of amides is 2. The molecule has 1 rings (SSSR count). The van der Waals surface area contributed by atoms with E-state index < -0.39 is 5.97 Å². The third-order valence-electron chi connectivity index (χ3n) is 1.71. The Kier molecular flexibility index (Phi) is 4.11. The van der Waals surface area contributed by atoms with Crippen LogP contribution >= 0.6 is 11.3 Å². The highest BCUT2D eigenvalue weighted by Gasteiger charge is 2.10. The molecule has 0 fully saturated rings. The highest BCUT2D eigenvalue weighted by Crippen LogP contribution is 2.07. The second-order valence-electron chi connectivity index (χ2n) is 2.99. The molecular weight excluding hydrogens is 216 g/mol. The van der Waals surface area contributed by atoms with Crippen molar-refractivity contribution in [2.75, 3.05) is 13.6 Å². The van der Waals surface area contributed by atoms with Crippen LogP contribution in [-0.4, -0.2) is 35.6 Å². The van der Waals surface area contributed by atoms with Crippen LogP contribution in [0.4, 0.5) is 4.79 Å². The summed E-state index contributed by atoms with van der Waals surface area (Å²) in [6.45, 7) is 0.136. The van der Waals surface area contributed by atoms with Gasteiger partial charge in [-0.05, 0) is 11.4 Å². The van der Waals surface area contributed by atoms with Crippen LogP contribution in [0.2, 0.25) is 0 Å². The van der Waals surface area contributed by atoms with Crippen molar-refractivity contribution in [2.24, 2.45) is 0 Å². The van der Waals surface area contributed by atoms with E-state index in [0.29, 0.717) is 6.54 Å². The summed E-state index contributed by atoms with van der Waals surface area (Å²) in [5.74, 6) is -1.02. The molecule has 6 heteroatoms. The summed E-state index contributed by atoms with van der Waals surface area (Å²) in [5, 5.41) is 13.0. The molecule has 0 aromatic carbocycles. The van der Waals surface area contributed by atoms with Crippen LogP contribution in [0.1, 0.15) is 4.88 Å². The molecule has 0 atom stereocenters. The molecule has 2 N–H and O–H groups in total. The molecule has 0 bridgehead atoms. The highest BCUT2D eigenvalue weighted by molar-refractivity contribution is 7.09. The van der Waals surface area contributed by atoms with E-state index in [2.05, 4.69) is 5.32 Å². The normalized spacial score (nSPS) is 9.67. The van der Waals surface area contributed by atoms with E-state index in [9.17, 15) is 9.59 Å². The van der Waals surface area contributed by atoms with E-state index >= 15 is 0 Å². The molecule has 1 aromatic heterocycles. The maximum Gasteiger partial charge on any atom is 0.323 e. The molecule has 1 heterocycles. The zero-order valence-electron chi connectivity index (χ0n) is 8.27. The third-order valence-corrected chi connectivity index (χ3v) is 2.59. The van der Waals surface area contributed by atoms with Crippen molar-refractivity contribution in [2.45, 2.75) is 6.54 Å². The molecule has 1 aromatic rings. The minimum absolute atomic E-state index is 0.295. The van der Waals surface area contributed by atoms with Gasteiger partial charge in [0, 0.05) is 11.9 Å². The number of aliphatic carboxylic acids is 1. The quantitative estimate of drug-likeness (QED) is 0.807. The lowest BCUT2D eigenvalue weighted by Gasteiger charge is -2.14. The van der Waals surface area contributed by atoms with E-state index in [1.807, 2.05) is 17.5 Å². The number of carbonyl (C=O) groups is 2. The molecule has 82 valence electrons. The van der Waals surface area contributed by atoms with Crippen molar-refractivity contribution >= 4 is 23.3 Å². The molecular formula is C9H12N2O3S. The zero-order valence-corrected chi connectivity index (χ0v) is 9.08. The average Bonchev–Trinajstić information content (AvgIpc) is 2.65. The Morgan fingerprint density at radius 3 is 2.87 bits per heavy atom. The first-order valence-electron chi connectivity index (χ1n) is 4.32. The molecule has 5 nitrogen and oxygen atoms in total.